The zero-order chi connectivity index (χ0) is 17.7. The van der Waals surface area contributed by atoms with Crippen LogP contribution in [0, 0.1) is 12.7 Å². The number of nitrogens with zero attached hydrogens (tertiary/aromatic N) is 5. The van der Waals surface area contributed by atoms with Gasteiger partial charge in [-0.1, -0.05) is 41.7 Å². The van der Waals surface area contributed by atoms with E-state index in [9.17, 15) is 4.39 Å². The smallest absolute Gasteiger partial charge is 0.235 e. The lowest BCUT2D eigenvalue weighted by Crippen LogP contribution is -1.93. The summed E-state index contributed by atoms with van der Waals surface area (Å²) in [6, 6.07) is 16.3. The van der Waals surface area contributed by atoms with Crippen molar-refractivity contribution in [3.63, 3.8) is 0 Å². The van der Waals surface area contributed by atoms with Gasteiger partial charge < -0.3 is 0 Å². The molecule has 0 spiro atoms. The number of pyridine rings is 1. The maximum atomic E-state index is 13.6. The van der Waals surface area contributed by atoms with E-state index in [1.54, 1.807) is 16.6 Å². The van der Waals surface area contributed by atoms with E-state index >= 15 is 0 Å². The van der Waals surface area contributed by atoms with Gasteiger partial charge >= 0.3 is 0 Å². The Balaban J connectivity index is 1.73. The van der Waals surface area contributed by atoms with Crippen molar-refractivity contribution in [3.05, 3.63) is 66.1 Å². The van der Waals surface area contributed by atoms with Crippen molar-refractivity contribution in [2.24, 2.45) is 0 Å². The molecule has 0 bridgehead atoms. The van der Waals surface area contributed by atoms with Crippen LogP contribution in [-0.2, 0) is 0 Å². The Kier molecular flexibility index (Phi) is 3.29. The summed E-state index contributed by atoms with van der Waals surface area (Å²) < 4.78 is 15.2. The molecule has 26 heavy (non-hydrogen) atoms. The van der Waals surface area contributed by atoms with Crippen LogP contribution in [0.15, 0.2) is 54.6 Å². The van der Waals surface area contributed by atoms with Gasteiger partial charge in [0.05, 0.1) is 5.52 Å². The predicted octanol–water partition coefficient (Wildman–Crippen LogP) is 4.52. The molecule has 0 saturated carbocycles. The molecule has 0 saturated heterocycles. The van der Waals surface area contributed by atoms with Crippen LogP contribution in [0.4, 0.5) is 4.39 Å². The van der Waals surface area contributed by atoms with Gasteiger partial charge in [-0.25, -0.2) is 4.39 Å². The van der Waals surface area contributed by atoms with Gasteiger partial charge in [-0.3, -0.25) is 4.98 Å². The van der Waals surface area contributed by atoms with E-state index in [0.717, 1.165) is 27.2 Å². The van der Waals surface area contributed by atoms with Crippen LogP contribution < -0.4 is 0 Å². The highest BCUT2D eigenvalue weighted by molar-refractivity contribution is 7.19. The van der Waals surface area contributed by atoms with Gasteiger partial charge in [0.2, 0.25) is 4.96 Å². The molecule has 0 radical (unpaired) electrons. The summed E-state index contributed by atoms with van der Waals surface area (Å²) in [5, 5.41) is 14.9. The molecule has 0 aliphatic heterocycles. The molecule has 5 nitrogen and oxygen atoms in total. The fraction of sp³-hybridized carbons (Fsp3) is 0.0526. The van der Waals surface area contributed by atoms with Crippen LogP contribution >= 0.6 is 11.3 Å². The lowest BCUT2D eigenvalue weighted by molar-refractivity contribution is 0.628. The second-order valence-electron chi connectivity index (χ2n) is 5.96. The molecule has 0 atom stereocenters. The zero-order valence-electron chi connectivity index (χ0n) is 13.7. The van der Waals surface area contributed by atoms with Crippen molar-refractivity contribution in [2.75, 3.05) is 0 Å². The molecular formula is C19H12FN5S. The van der Waals surface area contributed by atoms with E-state index in [-0.39, 0.29) is 5.82 Å². The molecule has 5 aromatic rings. The topological polar surface area (TPSA) is 56.0 Å². The molecule has 0 N–H and O–H groups in total. The third-order valence-electron chi connectivity index (χ3n) is 4.15. The lowest BCUT2D eigenvalue weighted by atomic mass is 10.1. The molecule has 126 valence electrons. The molecule has 7 heteroatoms. The van der Waals surface area contributed by atoms with E-state index in [4.69, 9.17) is 5.10 Å². The van der Waals surface area contributed by atoms with Crippen LogP contribution in [0.25, 0.3) is 37.8 Å². The normalized spacial score (nSPS) is 11.5. The average molecular weight is 361 g/mol. The minimum atomic E-state index is -0.314. The van der Waals surface area contributed by atoms with Gasteiger partial charge in [0.25, 0.3) is 0 Å². The molecular weight excluding hydrogens is 349 g/mol. The quantitative estimate of drug-likeness (QED) is 0.464. The number of aryl methyl sites for hydroxylation is 1. The van der Waals surface area contributed by atoms with Crippen LogP contribution in [0.2, 0.25) is 0 Å². The highest BCUT2D eigenvalue weighted by Gasteiger charge is 2.16. The number of para-hydroxylation sites is 1. The maximum absolute atomic E-state index is 13.6. The number of rotatable bonds is 2. The fourth-order valence-electron chi connectivity index (χ4n) is 3.02. The maximum Gasteiger partial charge on any atom is 0.235 e. The largest absolute Gasteiger partial charge is 0.253 e. The van der Waals surface area contributed by atoms with E-state index in [2.05, 4.69) is 15.2 Å². The van der Waals surface area contributed by atoms with Crippen LogP contribution in [0.3, 0.4) is 0 Å². The number of fused-ring (bicyclic) bond motifs is 2. The van der Waals surface area contributed by atoms with Crippen molar-refractivity contribution in [3.8, 4) is 22.0 Å². The number of halogens is 1. The van der Waals surface area contributed by atoms with E-state index in [1.807, 2.05) is 37.3 Å². The Bertz CT molecular complexity index is 1270. The first kappa shape index (κ1) is 15.1. The van der Waals surface area contributed by atoms with Gasteiger partial charge in [-0.15, -0.1) is 10.2 Å². The summed E-state index contributed by atoms with van der Waals surface area (Å²) >= 11 is 1.45. The molecule has 3 aromatic heterocycles. The molecule has 0 fully saturated rings. The molecule has 0 aliphatic rings. The SMILES string of the molecule is Cc1cc(-c2nn3c(-c4cccc(F)c4)nnc3s2)c2ccccc2n1. The third-order valence-corrected chi connectivity index (χ3v) is 5.08. The highest BCUT2D eigenvalue weighted by Crippen LogP contribution is 2.33. The number of hydrogen-bond donors (Lipinski definition) is 0. The second-order valence-corrected chi connectivity index (χ2v) is 6.92. The molecule has 0 unspecified atom stereocenters. The predicted molar refractivity (Wildman–Crippen MR) is 99.5 cm³/mol. The van der Waals surface area contributed by atoms with Gasteiger partial charge in [0.1, 0.15) is 10.8 Å². The minimum Gasteiger partial charge on any atom is -0.253 e. The summed E-state index contributed by atoms with van der Waals surface area (Å²) in [5.74, 6) is 0.211. The van der Waals surface area contributed by atoms with Gasteiger partial charge in [-0.05, 0) is 31.2 Å². The minimum absolute atomic E-state index is 0.314. The summed E-state index contributed by atoms with van der Waals surface area (Å²) in [7, 11) is 0. The molecule has 2 aromatic carbocycles. The van der Waals surface area contributed by atoms with Crippen molar-refractivity contribution in [2.45, 2.75) is 6.92 Å². The Morgan fingerprint density at radius 1 is 1.00 bits per heavy atom. The molecule has 5 rings (SSSR count). The molecule has 3 heterocycles. The first-order chi connectivity index (χ1) is 12.7. The third kappa shape index (κ3) is 2.36. The van der Waals surface area contributed by atoms with Crippen LogP contribution in [0.5, 0.6) is 0 Å². The number of hydrogen-bond acceptors (Lipinski definition) is 5. The molecule has 0 aliphatic carbocycles. The first-order valence-corrected chi connectivity index (χ1v) is 8.86. The van der Waals surface area contributed by atoms with Crippen LogP contribution in [0.1, 0.15) is 5.69 Å². The fourth-order valence-corrected chi connectivity index (χ4v) is 3.89. The Labute approximate surface area is 151 Å². The lowest BCUT2D eigenvalue weighted by Gasteiger charge is -2.04. The summed E-state index contributed by atoms with van der Waals surface area (Å²) in [5.41, 5.74) is 3.51. The standard InChI is InChI=1S/C19H12FN5S/c1-11-9-15(14-7-2-3-8-16(14)21-11)18-24-25-17(22-23-19(25)26-18)12-5-4-6-13(20)10-12/h2-10H,1H3. The van der Waals surface area contributed by atoms with Gasteiger partial charge in [0.15, 0.2) is 5.82 Å². The summed E-state index contributed by atoms with van der Waals surface area (Å²) in [4.78, 5) is 5.24. The van der Waals surface area contributed by atoms with E-state index in [1.165, 1.54) is 23.5 Å². The highest BCUT2D eigenvalue weighted by atomic mass is 32.1. The van der Waals surface area contributed by atoms with E-state index < -0.39 is 0 Å². The van der Waals surface area contributed by atoms with Crippen molar-refractivity contribution < 1.29 is 4.39 Å². The van der Waals surface area contributed by atoms with Gasteiger partial charge in [0, 0.05) is 22.2 Å². The second kappa shape index (κ2) is 5.67. The Hall–Kier alpha value is -3.19. The van der Waals surface area contributed by atoms with Gasteiger partial charge in [-0.2, -0.15) is 9.61 Å². The Morgan fingerprint density at radius 2 is 1.88 bits per heavy atom. The summed E-state index contributed by atoms with van der Waals surface area (Å²) in [6.45, 7) is 1.97. The van der Waals surface area contributed by atoms with Crippen molar-refractivity contribution in [1.29, 1.82) is 0 Å². The van der Waals surface area contributed by atoms with Crippen molar-refractivity contribution in [1.82, 2.24) is 24.8 Å². The Morgan fingerprint density at radius 3 is 2.77 bits per heavy atom. The van der Waals surface area contributed by atoms with Crippen molar-refractivity contribution >= 4 is 27.2 Å². The first-order valence-electron chi connectivity index (χ1n) is 8.04. The number of benzene rings is 2. The zero-order valence-corrected chi connectivity index (χ0v) is 14.5. The monoisotopic (exact) mass is 361 g/mol. The molecule has 0 amide bonds. The summed E-state index contributed by atoms with van der Waals surface area (Å²) in [6.07, 6.45) is 0. The number of aromatic nitrogens is 5. The van der Waals surface area contributed by atoms with E-state index in [0.29, 0.717) is 16.3 Å². The average Bonchev–Trinajstić information content (AvgIpc) is 3.21. The van der Waals surface area contributed by atoms with Crippen LogP contribution in [-0.4, -0.2) is 24.8 Å².